The zero-order chi connectivity index (χ0) is 16.8. The number of fused-ring (bicyclic) bond motifs is 1. The predicted octanol–water partition coefficient (Wildman–Crippen LogP) is 2.13. The lowest BCUT2D eigenvalue weighted by molar-refractivity contribution is -0.122. The SMILES string of the molecule is N[C@H](Cc1ccccc1)C(=O)N/N=C\C1=Cc2ccccc2OC1. The number of ether oxygens (including phenoxy) is 1. The lowest BCUT2D eigenvalue weighted by Crippen LogP contribution is -2.40. The number of nitrogens with one attached hydrogen (secondary N) is 1. The van der Waals surface area contributed by atoms with Crippen molar-refractivity contribution >= 4 is 18.2 Å². The first-order chi connectivity index (χ1) is 11.7. The van der Waals surface area contributed by atoms with Gasteiger partial charge in [0.25, 0.3) is 5.91 Å². The highest BCUT2D eigenvalue weighted by molar-refractivity contribution is 5.89. The largest absolute Gasteiger partial charge is 0.488 e. The summed E-state index contributed by atoms with van der Waals surface area (Å²) in [5, 5.41) is 3.98. The van der Waals surface area contributed by atoms with Gasteiger partial charge in [0.1, 0.15) is 12.4 Å². The molecule has 2 aromatic rings. The van der Waals surface area contributed by atoms with Crippen molar-refractivity contribution in [1.82, 2.24) is 5.43 Å². The van der Waals surface area contributed by atoms with E-state index in [0.717, 1.165) is 22.4 Å². The van der Waals surface area contributed by atoms with E-state index in [9.17, 15) is 4.79 Å². The molecule has 1 heterocycles. The number of hydrazone groups is 1. The van der Waals surface area contributed by atoms with Crippen molar-refractivity contribution < 1.29 is 9.53 Å². The summed E-state index contributed by atoms with van der Waals surface area (Å²) in [6, 6.07) is 16.8. The second kappa shape index (κ2) is 7.57. The third-order valence-electron chi connectivity index (χ3n) is 3.69. The van der Waals surface area contributed by atoms with E-state index in [1.165, 1.54) is 0 Å². The Bertz CT molecular complexity index is 769. The van der Waals surface area contributed by atoms with Crippen molar-refractivity contribution in [2.45, 2.75) is 12.5 Å². The molecular weight excluding hydrogens is 302 g/mol. The lowest BCUT2D eigenvalue weighted by atomic mass is 10.1. The van der Waals surface area contributed by atoms with Crippen molar-refractivity contribution in [3.8, 4) is 5.75 Å². The molecule has 0 aromatic heterocycles. The Kier molecular flexibility index (Phi) is 5.03. The molecule has 0 spiro atoms. The summed E-state index contributed by atoms with van der Waals surface area (Å²) < 4.78 is 5.62. The molecule has 3 rings (SSSR count). The van der Waals surface area contributed by atoms with Crippen LogP contribution in [0.15, 0.2) is 65.3 Å². The Morgan fingerprint density at radius 3 is 2.79 bits per heavy atom. The van der Waals surface area contributed by atoms with E-state index >= 15 is 0 Å². The van der Waals surface area contributed by atoms with E-state index in [4.69, 9.17) is 10.5 Å². The summed E-state index contributed by atoms with van der Waals surface area (Å²) in [4.78, 5) is 12.0. The number of carbonyl (C=O) groups is 1. The molecule has 0 radical (unpaired) electrons. The minimum Gasteiger partial charge on any atom is -0.488 e. The third kappa shape index (κ3) is 4.08. The van der Waals surface area contributed by atoms with Crippen molar-refractivity contribution in [3.63, 3.8) is 0 Å². The van der Waals surface area contributed by atoms with Crippen LogP contribution in [0.1, 0.15) is 11.1 Å². The van der Waals surface area contributed by atoms with Gasteiger partial charge in [-0.15, -0.1) is 0 Å². The minimum absolute atomic E-state index is 0.312. The summed E-state index contributed by atoms with van der Waals surface area (Å²) in [6.07, 6.45) is 4.04. The summed E-state index contributed by atoms with van der Waals surface area (Å²) in [5.74, 6) is 0.538. The van der Waals surface area contributed by atoms with Crippen LogP contribution in [0.3, 0.4) is 0 Å². The van der Waals surface area contributed by atoms with Crippen molar-refractivity contribution in [3.05, 3.63) is 71.3 Å². The first kappa shape index (κ1) is 16.0. The van der Waals surface area contributed by atoms with Crippen LogP contribution in [-0.4, -0.2) is 24.8 Å². The van der Waals surface area contributed by atoms with Crippen LogP contribution >= 0.6 is 0 Å². The standard InChI is InChI=1S/C19H19N3O2/c20-17(11-14-6-2-1-3-7-14)19(23)22-21-12-15-10-16-8-4-5-9-18(16)24-13-15/h1-10,12,17H,11,13,20H2,(H,22,23)/b21-12-/t17-/m1/s1. The van der Waals surface area contributed by atoms with Gasteiger partial charge in [-0.3, -0.25) is 4.79 Å². The van der Waals surface area contributed by atoms with Crippen molar-refractivity contribution in [2.75, 3.05) is 6.61 Å². The molecule has 0 fully saturated rings. The second-order valence-corrected chi connectivity index (χ2v) is 5.58. The summed E-state index contributed by atoms with van der Waals surface area (Å²) in [7, 11) is 0. The summed E-state index contributed by atoms with van der Waals surface area (Å²) in [5.41, 5.74) is 11.3. The molecule has 0 bridgehead atoms. The number of nitrogens with zero attached hydrogens (tertiary/aromatic N) is 1. The lowest BCUT2D eigenvalue weighted by Gasteiger charge is -2.15. The molecule has 5 heteroatoms. The molecule has 0 unspecified atom stereocenters. The highest BCUT2D eigenvalue weighted by atomic mass is 16.5. The average molecular weight is 321 g/mol. The van der Waals surface area contributed by atoms with E-state index in [2.05, 4.69) is 10.5 Å². The molecule has 0 saturated carbocycles. The third-order valence-corrected chi connectivity index (χ3v) is 3.69. The topological polar surface area (TPSA) is 76.7 Å². The maximum absolute atomic E-state index is 12.0. The molecule has 5 nitrogen and oxygen atoms in total. The van der Waals surface area contributed by atoms with E-state index in [-0.39, 0.29) is 5.91 Å². The summed E-state index contributed by atoms with van der Waals surface area (Å²) >= 11 is 0. The summed E-state index contributed by atoms with van der Waals surface area (Å²) in [6.45, 7) is 0.423. The smallest absolute Gasteiger partial charge is 0.257 e. The Hall–Kier alpha value is -2.92. The van der Waals surface area contributed by atoms with Crippen LogP contribution in [0.2, 0.25) is 0 Å². The van der Waals surface area contributed by atoms with Crippen LogP contribution < -0.4 is 15.9 Å². The van der Waals surface area contributed by atoms with Gasteiger partial charge in [0.15, 0.2) is 0 Å². The quantitative estimate of drug-likeness (QED) is 0.654. The number of amides is 1. The van der Waals surface area contributed by atoms with E-state index < -0.39 is 6.04 Å². The highest BCUT2D eigenvalue weighted by Crippen LogP contribution is 2.24. The molecule has 2 aromatic carbocycles. The monoisotopic (exact) mass is 321 g/mol. The fraction of sp³-hybridized carbons (Fsp3) is 0.158. The average Bonchev–Trinajstić information content (AvgIpc) is 2.62. The second-order valence-electron chi connectivity index (χ2n) is 5.58. The normalized spacial score (nSPS) is 14.5. The molecule has 1 atom stereocenters. The van der Waals surface area contributed by atoms with Crippen LogP contribution in [0, 0.1) is 0 Å². The number of carbonyl (C=O) groups excluding carboxylic acids is 1. The number of para-hydroxylation sites is 1. The molecule has 122 valence electrons. The maximum Gasteiger partial charge on any atom is 0.257 e. The van der Waals surface area contributed by atoms with Gasteiger partial charge in [0.2, 0.25) is 0 Å². The van der Waals surface area contributed by atoms with Crippen molar-refractivity contribution in [1.29, 1.82) is 0 Å². The Morgan fingerprint density at radius 2 is 1.96 bits per heavy atom. The Morgan fingerprint density at radius 1 is 1.21 bits per heavy atom. The van der Waals surface area contributed by atoms with Gasteiger partial charge in [-0.2, -0.15) is 5.10 Å². The maximum atomic E-state index is 12.0. The van der Waals surface area contributed by atoms with Gasteiger partial charge in [-0.05, 0) is 24.1 Å². The predicted molar refractivity (Wildman–Crippen MR) is 94.7 cm³/mol. The first-order valence-electron chi connectivity index (χ1n) is 7.77. The number of nitrogens with two attached hydrogens (primary N) is 1. The van der Waals surface area contributed by atoms with Crippen LogP contribution in [0.4, 0.5) is 0 Å². The van der Waals surface area contributed by atoms with E-state index in [1.54, 1.807) is 6.21 Å². The highest BCUT2D eigenvalue weighted by Gasteiger charge is 2.13. The molecule has 3 N–H and O–H groups in total. The number of hydrogen-bond donors (Lipinski definition) is 2. The number of rotatable bonds is 5. The number of hydrogen-bond acceptors (Lipinski definition) is 4. The van der Waals surface area contributed by atoms with Crippen molar-refractivity contribution in [2.24, 2.45) is 10.8 Å². The van der Waals surface area contributed by atoms with Gasteiger partial charge < -0.3 is 10.5 Å². The molecule has 1 aliphatic heterocycles. The van der Waals surface area contributed by atoms with E-state index in [0.29, 0.717) is 13.0 Å². The number of benzene rings is 2. The van der Waals surface area contributed by atoms with E-state index in [1.807, 2.05) is 60.7 Å². The van der Waals surface area contributed by atoms with Crippen LogP contribution in [0.25, 0.3) is 6.08 Å². The minimum atomic E-state index is -0.637. The van der Waals surface area contributed by atoms with Gasteiger partial charge in [0, 0.05) is 11.1 Å². The van der Waals surface area contributed by atoms with Crippen LogP contribution in [-0.2, 0) is 11.2 Å². The van der Waals surface area contributed by atoms with Gasteiger partial charge >= 0.3 is 0 Å². The van der Waals surface area contributed by atoms with Gasteiger partial charge in [-0.25, -0.2) is 5.43 Å². The molecule has 24 heavy (non-hydrogen) atoms. The first-order valence-corrected chi connectivity index (χ1v) is 7.77. The van der Waals surface area contributed by atoms with Gasteiger partial charge in [-0.1, -0.05) is 48.5 Å². The molecule has 0 saturated heterocycles. The molecular formula is C19H19N3O2. The zero-order valence-electron chi connectivity index (χ0n) is 13.2. The fourth-order valence-corrected chi connectivity index (χ4v) is 2.43. The van der Waals surface area contributed by atoms with Crippen LogP contribution in [0.5, 0.6) is 5.75 Å². The molecule has 0 aliphatic carbocycles. The Balaban J connectivity index is 1.54. The Labute approximate surface area is 140 Å². The zero-order valence-corrected chi connectivity index (χ0v) is 13.2. The van der Waals surface area contributed by atoms with Gasteiger partial charge in [0.05, 0.1) is 12.3 Å². The molecule has 1 aliphatic rings. The molecule has 1 amide bonds. The fourth-order valence-electron chi connectivity index (χ4n) is 2.43.